The predicted octanol–water partition coefficient (Wildman–Crippen LogP) is 3.80. The highest BCUT2D eigenvalue weighted by molar-refractivity contribution is 9.10. The Morgan fingerprint density at radius 3 is 3.00 bits per heavy atom. The minimum Gasteiger partial charge on any atom is -0.253 e. The van der Waals surface area contributed by atoms with Gasteiger partial charge >= 0.3 is 0 Å². The van der Waals surface area contributed by atoms with Gasteiger partial charge < -0.3 is 0 Å². The standard InChI is InChI=1S/C11H9BrFN3S/c1-7-6-17-11(15-7)16-14-5-8-2-3-9(12)4-10(8)13/h2-6H,1H3,(H,15,16). The van der Waals surface area contributed by atoms with Gasteiger partial charge in [-0.05, 0) is 25.1 Å². The van der Waals surface area contributed by atoms with Crippen LogP contribution in [0.1, 0.15) is 11.3 Å². The first kappa shape index (κ1) is 12.2. The third-order valence-electron chi connectivity index (χ3n) is 1.95. The summed E-state index contributed by atoms with van der Waals surface area (Å²) in [5, 5.41) is 6.54. The molecule has 2 aromatic rings. The molecule has 17 heavy (non-hydrogen) atoms. The number of thiazole rings is 1. The Morgan fingerprint density at radius 1 is 1.53 bits per heavy atom. The maximum absolute atomic E-state index is 13.4. The SMILES string of the molecule is Cc1csc(NN=Cc2ccc(Br)cc2F)n1. The second-order valence-electron chi connectivity index (χ2n) is 3.33. The van der Waals surface area contributed by atoms with Crippen molar-refractivity contribution in [3.63, 3.8) is 0 Å². The van der Waals surface area contributed by atoms with Crippen molar-refractivity contribution >= 4 is 38.6 Å². The van der Waals surface area contributed by atoms with Gasteiger partial charge in [0.25, 0.3) is 0 Å². The number of benzene rings is 1. The second-order valence-corrected chi connectivity index (χ2v) is 5.10. The average Bonchev–Trinajstić information content (AvgIpc) is 2.68. The number of nitrogens with zero attached hydrogens (tertiary/aromatic N) is 2. The lowest BCUT2D eigenvalue weighted by molar-refractivity contribution is 0.625. The molecule has 0 unspecified atom stereocenters. The highest BCUT2D eigenvalue weighted by Crippen LogP contribution is 2.15. The van der Waals surface area contributed by atoms with Crippen LogP contribution in [0.15, 0.2) is 33.2 Å². The van der Waals surface area contributed by atoms with Crippen molar-refractivity contribution in [1.82, 2.24) is 4.98 Å². The molecule has 1 N–H and O–H groups in total. The molecule has 0 saturated heterocycles. The Balaban J connectivity index is 2.05. The van der Waals surface area contributed by atoms with Gasteiger partial charge in [-0.1, -0.05) is 15.9 Å². The third kappa shape index (κ3) is 3.34. The second kappa shape index (κ2) is 5.37. The summed E-state index contributed by atoms with van der Waals surface area (Å²) in [6.07, 6.45) is 1.43. The Kier molecular flexibility index (Phi) is 3.86. The van der Waals surface area contributed by atoms with Gasteiger partial charge in [-0.3, -0.25) is 5.43 Å². The number of anilines is 1. The summed E-state index contributed by atoms with van der Waals surface area (Å²) in [5.41, 5.74) is 4.11. The van der Waals surface area contributed by atoms with E-state index in [9.17, 15) is 4.39 Å². The summed E-state index contributed by atoms with van der Waals surface area (Å²) in [4.78, 5) is 4.17. The Labute approximate surface area is 111 Å². The molecule has 0 amide bonds. The molecule has 1 heterocycles. The van der Waals surface area contributed by atoms with Crippen molar-refractivity contribution in [3.8, 4) is 0 Å². The van der Waals surface area contributed by atoms with Gasteiger partial charge in [0.15, 0.2) is 0 Å². The first-order valence-corrected chi connectivity index (χ1v) is 6.48. The first-order chi connectivity index (χ1) is 8.15. The normalized spacial score (nSPS) is 11.0. The van der Waals surface area contributed by atoms with Crippen LogP contribution in [-0.4, -0.2) is 11.2 Å². The number of aryl methyl sites for hydroxylation is 1. The minimum absolute atomic E-state index is 0.319. The fraction of sp³-hybridized carbons (Fsp3) is 0.0909. The first-order valence-electron chi connectivity index (χ1n) is 4.81. The van der Waals surface area contributed by atoms with E-state index in [1.165, 1.54) is 23.6 Å². The maximum Gasteiger partial charge on any atom is 0.203 e. The number of hydrogen-bond donors (Lipinski definition) is 1. The molecule has 0 radical (unpaired) electrons. The summed E-state index contributed by atoms with van der Waals surface area (Å²) in [6, 6.07) is 4.81. The molecule has 0 atom stereocenters. The van der Waals surface area contributed by atoms with Gasteiger partial charge in [0, 0.05) is 15.4 Å². The van der Waals surface area contributed by atoms with Crippen LogP contribution in [0.5, 0.6) is 0 Å². The molecule has 88 valence electrons. The van der Waals surface area contributed by atoms with Crippen LogP contribution < -0.4 is 5.43 Å². The van der Waals surface area contributed by atoms with E-state index < -0.39 is 0 Å². The van der Waals surface area contributed by atoms with Crippen molar-refractivity contribution < 1.29 is 4.39 Å². The number of rotatable bonds is 3. The summed E-state index contributed by atoms with van der Waals surface area (Å²) in [7, 11) is 0. The maximum atomic E-state index is 13.4. The lowest BCUT2D eigenvalue weighted by Crippen LogP contribution is -1.92. The van der Waals surface area contributed by atoms with E-state index >= 15 is 0 Å². The molecule has 1 aromatic heterocycles. The number of aromatic nitrogens is 1. The van der Waals surface area contributed by atoms with Crippen LogP contribution in [-0.2, 0) is 0 Å². The Morgan fingerprint density at radius 2 is 2.35 bits per heavy atom. The number of halogens is 2. The van der Waals surface area contributed by atoms with E-state index in [-0.39, 0.29) is 5.82 Å². The molecule has 0 aliphatic heterocycles. The van der Waals surface area contributed by atoms with Gasteiger partial charge in [-0.2, -0.15) is 5.10 Å². The molecule has 0 aliphatic carbocycles. The van der Waals surface area contributed by atoms with Crippen LogP contribution in [0.2, 0.25) is 0 Å². The molecule has 0 fully saturated rings. The van der Waals surface area contributed by atoms with E-state index in [0.29, 0.717) is 15.2 Å². The van der Waals surface area contributed by atoms with Gasteiger partial charge in [0.2, 0.25) is 5.13 Å². The molecular formula is C11H9BrFN3S. The average molecular weight is 314 g/mol. The summed E-state index contributed by atoms with van der Waals surface area (Å²) in [5.74, 6) is -0.319. The van der Waals surface area contributed by atoms with Gasteiger partial charge in [-0.15, -0.1) is 11.3 Å². The van der Waals surface area contributed by atoms with Gasteiger partial charge in [0.05, 0.1) is 11.9 Å². The van der Waals surface area contributed by atoms with Crippen molar-refractivity contribution in [2.45, 2.75) is 6.92 Å². The van der Waals surface area contributed by atoms with Crippen LogP contribution in [0.25, 0.3) is 0 Å². The molecule has 3 nitrogen and oxygen atoms in total. The summed E-state index contributed by atoms with van der Waals surface area (Å²) in [6.45, 7) is 1.90. The van der Waals surface area contributed by atoms with E-state index in [1.54, 1.807) is 12.1 Å². The van der Waals surface area contributed by atoms with E-state index in [1.807, 2.05) is 12.3 Å². The number of hydrogen-bond acceptors (Lipinski definition) is 4. The topological polar surface area (TPSA) is 37.3 Å². The zero-order chi connectivity index (χ0) is 12.3. The monoisotopic (exact) mass is 313 g/mol. The largest absolute Gasteiger partial charge is 0.253 e. The zero-order valence-electron chi connectivity index (χ0n) is 8.95. The van der Waals surface area contributed by atoms with Crippen LogP contribution in [0, 0.1) is 12.7 Å². The van der Waals surface area contributed by atoms with Crippen LogP contribution >= 0.6 is 27.3 Å². The Bertz CT molecular complexity index is 553. The summed E-state index contributed by atoms with van der Waals surface area (Å²) >= 11 is 4.65. The predicted molar refractivity (Wildman–Crippen MR) is 72.2 cm³/mol. The van der Waals surface area contributed by atoms with Gasteiger partial charge in [-0.25, -0.2) is 9.37 Å². The van der Waals surface area contributed by atoms with Gasteiger partial charge in [0.1, 0.15) is 5.82 Å². The molecule has 2 rings (SSSR count). The highest BCUT2D eigenvalue weighted by Gasteiger charge is 2.00. The van der Waals surface area contributed by atoms with Crippen molar-refractivity contribution in [3.05, 3.63) is 45.1 Å². The minimum atomic E-state index is -0.319. The quantitative estimate of drug-likeness (QED) is 0.691. The smallest absolute Gasteiger partial charge is 0.203 e. The molecule has 6 heteroatoms. The number of nitrogens with one attached hydrogen (secondary N) is 1. The van der Waals surface area contributed by atoms with Crippen LogP contribution in [0.4, 0.5) is 9.52 Å². The highest BCUT2D eigenvalue weighted by atomic mass is 79.9. The van der Waals surface area contributed by atoms with E-state index in [2.05, 4.69) is 31.4 Å². The molecule has 0 saturated carbocycles. The molecule has 0 bridgehead atoms. The third-order valence-corrected chi connectivity index (χ3v) is 3.30. The molecular weight excluding hydrogens is 305 g/mol. The fourth-order valence-corrected chi connectivity index (χ4v) is 2.14. The fourth-order valence-electron chi connectivity index (χ4n) is 1.17. The van der Waals surface area contributed by atoms with Crippen LogP contribution in [0.3, 0.4) is 0 Å². The van der Waals surface area contributed by atoms with Crippen molar-refractivity contribution in [2.75, 3.05) is 5.43 Å². The van der Waals surface area contributed by atoms with Crippen molar-refractivity contribution in [2.24, 2.45) is 5.10 Å². The zero-order valence-corrected chi connectivity index (χ0v) is 11.3. The molecule has 0 spiro atoms. The summed E-state index contributed by atoms with van der Waals surface area (Å²) < 4.78 is 14.1. The van der Waals surface area contributed by atoms with E-state index in [0.717, 1.165) is 5.69 Å². The lowest BCUT2D eigenvalue weighted by Gasteiger charge is -1.97. The molecule has 0 aliphatic rings. The number of hydrazone groups is 1. The molecule has 1 aromatic carbocycles. The van der Waals surface area contributed by atoms with Crippen molar-refractivity contribution in [1.29, 1.82) is 0 Å². The Hall–Kier alpha value is -1.27. The van der Waals surface area contributed by atoms with E-state index in [4.69, 9.17) is 0 Å². The lowest BCUT2D eigenvalue weighted by atomic mass is 10.2.